The van der Waals surface area contributed by atoms with Gasteiger partial charge in [0, 0.05) is 23.6 Å². The lowest BCUT2D eigenvalue weighted by Crippen LogP contribution is -2.26. The first-order chi connectivity index (χ1) is 14.3. The van der Waals surface area contributed by atoms with E-state index in [4.69, 9.17) is 4.74 Å². The van der Waals surface area contributed by atoms with Gasteiger partial charge in [-0.2, -0.15) is 5.26 Å². The third-order valence-corrected chi connectivity index (χ3v) is 6.31. The van der Waals surface area contributed by atoms with E-state index < -0.39 is 10.7 Å². The SMILES string of the molecule is CC(C)(Sc1nc(CCOc2ncc(-c3ccc(F)cc3)cc2C#N)cs1)C(=O)O. The maximum absolute atomic E-state index is 13.1. The number of halogens is 1. The number of carboxylic acid groups (broad SMARTS) is 1. The van der Waals surface area contributed by atoms with Crippen molar-refractivity contribution in [2.24, 2.45) is 0 Å². The normalized spacial score (nSPS) is 11.1. The number of rotatable bonds is 8. The summed E-state index contributed by atoms with van der Waals surface area (Å²) in [5, 5.41) is 20.5. The predicted molar refractivity (Wildman–Crippen MR) is 113 cm³/mol. The summed E-state index contributed by atoms with van der Waals surface area (Å²) in [6, 6.07) is 9.67. The number of aromatic nitrogens is 2. The first-order valence-corrected chi connectivity index (χ1v) is 10.6. The van der Waals surface area contributed by atoms with Crippen LogP contribution in [0.5, 0.6) is 5.88 Å². The average molecular weight is 444 g/mol. The molecule has 0 fully saturated rings. The van der Waals surface area contributed by atoms with E-state index in [-0.39, 0.29) is 23.9 Å². The average Bonchev–Trinajstić information content (AvgIpc) is 3.15. The zero-order valence-corrected chi connectivity index (χ0v) is 17.9. The maximum Gasteiger partial charge on any atom is 0.319 e. The summed E-state index contributed by atoms with van der Waals surface area (Å²) in [6.45, 7) is 3.54. The van der Waals surface area contributed by atoms with Crippen molar-refractivity contribution in [3.05, 3.63) is 59.0 Å². The second-order valence-corrected chi connectivity index (χ2v) is 9.54. The third-order valence-electron chi connectivity index (χ3n) is 4.13. The number of nitrogens with zero attached hydrogens (tertiary/aromatic N) is 3. The minimum absolute atomic E-state index is 0.222. The quantitative estimate of drug-likeness (QED) is 0.500. The molecule has 0 aliphatic carbocycles. The van der Waals surface area contributed by atoms with Crippen molar-refractivity contribution < 1.29 is 19.0 Å². The molecular weight excluding hydrogens is 425 g/mol. The summed E-state index contributed by atoms with van der Waals surface area (Å²) in [5.41, 5.74) is 2.52. The Morgan fingerprint density at radius 1 is 1.33 bits per heavy atom. The lowest BCUT2D eigenvalue weighted by molar-refractivity contribution is -0.138. The molecule has 154 valence electrons. The highest BCUT2D eigenvalue weighted by Gasteiger charge is 2.29. The summed E-state index contributed by atoms with van der Waals surface area (Å²) < 4.78 is 18.5. The maximum atomic E-state index is 13.1. The molecular formula is C21H18FN3O3S2. The molecule has 0 atom stereocenters. The number of hydrogen-bond acceptors (Lipinski definition) is 7. The molecule has 0 bridgehead atoms. The number of benzene rings is 1. The molecule has 2 aromatic heterocycles. The van der Waals surface area contributed by atoms with Crippen molar-refractivity contribution in [2.45, 2.75) is 29.4 Å². The number of aliphatic carboxylic acids is 1. The van der Waals surface area contributed by atoms with Crippen LogP contribution >= 0.6 is 23.1 Å². The number of hydrogen-bond donors (Lipinski definition) is 1. The second-order valence-electron chi connectivity index (χ2n) is 6.82. The van der Waals surface area contributed by atoms with Crippen molar-refractivity contribution in [1.29, 1.82) is 5.26 Å². The van der Waals surface area contributed by atoms with Crippen LogP contribution in [-0.4, -0.2) is 32.4 Å². The van der Waals surface area contributed by atoms with E-state index in [0.717, 1.165) is 11.3 Å². The molecule has 9 heteroatoms. The van der Waals surface area contributed by atoms with Crippen LogP contribution in [0, 0.1) is 17.1 Å². The summed E-state index contributed by atoms with van der Waals surface area (Å²) in [7, 11) is 0. The number of pyridine rings is 1. The molecule has 3 rings (SSSR count). The topological polar surface area (TPSA) is 96.1 Å². The number of carbonyl (C=O) groups is 1. The Morgan fingerprint density at radius 3 is 2.73 bits per heavy atom. The van der Waals surface area contributed by atoms with Crippen LogP contribution in [0.1, 0.15) is 25.1 Å². The lowest BCUT2D eigenvalue weighted by Gasteiger charge is -2.15. The monoisotopic (exact) mass is 443 g/mol. The van der Waals surface area contributed by atoms with Crippen molar-refractivity contribution >= 4 is 29.1 Å². The smallest absolute Gasteiger partial charge is 0.319 e. The largest absolute Gasteiger partial charge is 0.480 e. The van der Waals surface area contributed by atoms with Crippen LogP contribution in [0.2, 0.25) is 0 Å². The van der Waals surface area contributed by atoms with Gasteiger partial charge in [-0.3, -0.25) is 4.79 Å². The van der Waals surface area contributed by atoms with Gasteiger partial charge >= 0.3 is 5.97 Å². The van der Waals surface area contributed by atoms with E-state index in [0.29, 0.717) is 16.3 Å². The number of thiazole rings is 1. The fourth-order valence-corrected chi connectivity index (χ4v) is 4.64. The van der Waals surface area contributed by atoms with Crippen molar-refractivity contribution in [1.82, 2.24) is 9.97 Å². The minimum atomic E-state index is -0.955. The molecule has 3 aromatic rings. The van der Waals surface area contributed by atoms with Gasteiger partial charge in [-0.1, -0.05) is 23.9 Å². The number of thioether (sulfide) groups is 1. The lowest BCUT2D eigenvalue weighted by atomic mass is 10.1. The number of ether oxygens (including phenoxy) is 1. The molecule has 6 nitrogen and oxygen atoms in total. The third kappa shape index (κ3) is 5.34. The van der Waals surface area contributed by atoms with Gasteiger partial charge in [0.1, 0.15) is 22.2 Å². The molecule has 0 amide bonds. The molecule has 0 saturated heterocycles. The van der Waals surface area contributed by atoms with Crippen LogP contribution in [0.25, 0.3) is 11.1 Å². The molecule has 0 unspecified atom stereocenters. The Balaban J connectivity index is 1.62. The van der Waals surface area contributed by atoms with E-state index in [1.54, 1.807) is 38.2 Å². The van der Waals surface area contributed by atoms with Gasteiger partial charge in [-0.05, 0) is 37.6 Å². The molecule has 0 aliphatic rings. The molecule has 0 aliphatic heterocycles. The van der Waals surface area contributed by atoms with Gasteiger partial charge in [0.2, 0.25) is 5.88 Å². The van der Waals surface area contributed by atoms with Crippen LogP contribution in [0.15, 0.2) is 46.2 Å². The van der Waals surface area contributed by atoms with E-state index >= 15 is 0 Å². The van der Waals surface area contributed by atoms with Gasteiger partial charge in [0.05, 0.1) is 12.3 Å². The van der Waals surface area contributed by atoms with Crippen molar-refractivity contribution in [3.63, 3.8) is 0 Å². The fourth-order valence-electron chi connectivity index (χ4n) is 2.41. The summed E-state index contributed by atoms with van der Waals surface area (Å²) in [4.78, 5) is 19.9. The Bertz CT molecular complexity index is 1090. The first-order valence-electron chi connectivity index (χ1n) is 8.94. The predicted octanol–water partition coefficient (Wildman–Crippen LogP) is 4.79. The molecule has 0 saturated carbocycles. The highest BCUT2D eigenvalue weighted by molar-refractivity contribution is 8.02. The van der Waals surface area contributed by atoms with E-state index in [2.05, 4.69) is 16.0 Å². The minimum Gasteiger partial charge on any atom is -0.480 e. The van der Waals surface area contributed by atoms with Crippen LogP contribution in [-0.2, 0) is 11.2 Å². The fraction of sp³-hybridized carbons (Fsp3) is 0.238. The van der Waals surface area contributed by atoms with Crippen LogP contribution in [0.3, 0.4) is 0 Å². The highest BCUT2D eigenvalue weighted by Crippen LogP contribution is 2.34. The molecule has 30 heavy (non-hydrogen) atoms. The van der Waals surface area contributed by atoms with Crippen molar-refractivity contribution in [2.75, 3.05) is 6.61 Å². The summed E-state index contributed by atoms with van der Waals surface area (Å²) >= 11 is 2.59. The number of nitriles is 1. The molecule has 2 heterocycles. The number of carboxylic acids is 1. The Morgan fingerprint density at radius 2 is 2.07 bits per heavy atom. The van der Waals surface area contributed by atoms with Gasteiger partial charge in [0.15, 0.2) is 4.34 Å². The summed E-state index contributed by atoms with van der Waals surface area (Å²) in [5.74, 6) is -1.01. The Kier molecular flexibility index (Phi) is 6.70. The van der Waals surface area contributed by atoms with Gasteiger partial charge in [-0.25, -0.2) is 14.4 Å². The van der Waals surface area contributed by atoms with Gasteiger partial charge < -0.3 is 9.84 Å². The summed E-state index contributed by atoms with van der Waals surface area (Å²) in [6.07, 6.45) is 2.08. The Hall–Kier alpha value is -2.96. The molecule has 1 aromatic carbocycles. The molecule has 0 spiro atoms. The Labute approximate surface area is 181 Å². The first kappa shape index (κ1) is 21.7. The van der Waals surface area contributed by atoms with E-state index in [1.165, 1.54) is 35.2 Å². The zero-order chi connectivity index (χ0) is 21.7. The van der Waals surface area contributed by atoms with Crippen molar-refractivity contribution in [3.8, 4) is 23.1 Å². The van der Waals surface area contributed by atoms with Crippen LogP contribution in [0.4, 0.5) is 4.39 Å². The van der Waals surface area contributed by atoms with Crippen LogP contribution < -0.4 is 4.74 Å². The zero-order valence-electron chi connectivity index (χ0n) is 16.3. The second kappa shape index (κ2) is 9.24. The van der Waals surface area contributed by atoms with Gasteiger partial charge in [-0.15, -0.1) is 11.3 Å². The molecule has 1 N–H and O–H groups in total. The van der Waals surface area contributed by atoms with Gasteiger partial charge in [0.25, 0.3) is 0 Å². The van der Waals surface area contributed by atoms with E-state index in [9.17, 15) is 19.6 Å². The standard InChI is InChI=1S/C21H18FN3O3S2/c1-21(2,19(26)27)30-20-25-17(12-29-20)7-8-28-18-14(10-23)9-15(11-24-18)13-3-5-16(22)6-4-13/h3-6,9,11-12H,7-8H2,1-2H3,(H,26,27). The highest BCUT2D eigenvalue weighted by atomic mass is 32.2. The molecule has 0 radical (unpaired) electrons. The van der Waals surface area contributed by atoms with E-state index in [1.807, 2.05) is 5.38 Å².